The molecular formula is C9H16ClNOS. The normalized spacial score (nSPS) is 12.2. The van der Waals surface area contributed by atoms with Crippen LogP contribution in [0.2, 0.25) is 0 Å². The minimum atomic E-state index is 0. The fourth-order valence-corrected chi connectivity index (χ4v) is 2.05. The first-order valence-corrected chi connectivity index (χ1v) is 5.04. The van der Waals surface area contributed by atoms with Crippen LogP contribution in [-0.2, 0) is 6.42 Å². The van der Waals surface area contributed by atoms with Crippen molar-refractivity contribution < 1.29 is 5.11 Å². The first-order chi connectivity index (χ1) is 5.77. The summed E-state index contributed by atoms with van der Waals surface area (Å²) in [5.74, 6) is 0. The molecule has 1 heterocycles. The van der Waals surface area contributed by atoms with Crippen molar-refractivity contribution in [3.05, 3.63) is 21.9 Å². The van der Waals surface area contributed by atoms with Crippen LogP contribution in [0.4, 0.5) is 0 Å². The Balaban J connectivity index is 0.00000144. The summed E-state index contributed by atoms with van der Waals surface area (Å²) in [5, 5.41) is 8.69. The van der Waals surface area contributed by atoms with Gasteiger partial charge in [-0.1, -0.05) is 6.92 Å². The fraction of sp³-hybridized carbons (Fsp3) is 0.556. The molecule has 0 aliphatic heterocycles. The lowest BCUT2D eigenvalue weighted by Gasteiger charge is -2.05. The summed E-state index contributed by atoms with van der Waals surface area (Å²) < 4.78 is 0. The van der Waals surface area contributed by atoms with Gasteiger partial charge in [0.15, 0.2) is 0 Å². The molecule has 0 saturated heterocycles. The lowest BCUT2D eigenvalue weighted by Crippen LogP contribution is -2.09. The first kappa shape index (κ1) is 12.9. The Labute approximate surface area is 89.2 Å². The van der Waals surface area contributed by atoms with Crippen molar-refractivity contribution in [3.63, 3.8) is 0 Å². The van der Waals surface area contributed by atoms with Crippen LogP contribution < -0.4 is 5.73 Å². The van der Waals surface area contributed by atoms with E-state index in [1.807, 2.05) is 0 Å². The smallest absolute Gasteiger partial charge is 0.0449 e. The maximum atomic E-state index is 8.69. The van der Waals surface area contributed by atoms with Gasteiger partial charge in [0.1, 0.15) is 0 Å². The van der Waals surface area contributed by atoms with Crippen molar-refractivity contribution in [3.8, 4) is 0 Å². The largest absolute Gasteiger partial charge is 0.396 e. The summed E-state index contributed by atoms with van der Waals surface area (Å²) in [7, 11) is 0. The molecule has 0 aliphatic carbocycles. The third kappa shape index (κ3) is 3.65. The molecule has 1 aromatic heterocycles. The zero-order valence-electron chi connectivity index (χ0n) is 7.69. The summed E-state index contributed by atoms with van der Waals surface area (Å²) in [5.41, 5.74) is 5.82. The van der Waals surface area contributed by atoms with Crippen LogP contribution in [-0.4, -0.2) is 11.7 Å². The average molecular weight is 222 g/mol. The van der Waals surface area contributed by atoms with Gasteiger partial charge >= 0.3 is 0 Å². The molecule has 3 N–H and O–H groups in total. The number of hydrogen-bond donors (Lipinski definition) is 2. The molecular weight excluding hydrogens is 206 g/mol. The van der Waals surface area contributed by atoms with E-state index in [1.165, 1.54) is 9.75 Å². The second-order valence-electron chi connectivity index (χ2n) is 2.78. The summed E-state index contributed by atoms with van der Waals surface area (Å²) in [6.07, 6.45) is 1.72. The second kappa shape index (κ2) is 6.38. The third-order valence-electron chi connectivity index (χ3n) is 1.84. The third-order valence-corrected chi connectivity index (χ3v) is 3.20. The molecule has 0 amide bonds. The highest BCUT2D eigenvalue weighted by atomic mass is 35.5. The van der Waals surface area contributed by atoms with Crippen LogP contribution in [0.25, 0.3) is 0 Å². The SMILES string of the molecule is CCc1ccc([C@H](N)CCO)s1.Cl. The van der Waals surface area contributed by atoms with Gasteiger partial charge in [0.05, 0.1) is 0 Å². The molecule has 0 aliphatic rings. The maximum Gasteiger partial charge on any atom is 0.0449 e. The number of rotatable bonds is 4. The highest BCUT2D eigenvalue weighted by Crippen LogP contribution is 2.23. The average Bonchev–Trinajstić information content (AvgIpc) is 2.52. The molecule has 76 valence electrons. The van der Waals surface area contributed by atoms with Crippen LogP contribution in [0.15, 0.2) is 12.1 Å². The Bertz CT molecular complexity index is 239. The summed E-state index contributed by atoms with van der Waals surface area (Å²) in [4.78, 5) is 2.54. The fourth-order valence-electron chi connectivity index (χ4n) is 1.07. The highest BCUT2D eigenvalue weighted by Gasteiger charge is 2.07. The molecule has 1 rings (SSSR count). The summed E-state index contributed by atoms with van der Waals surface area (Å²) in [6, 6.07) is 4.18. The molecule has 0 bridgehead atoms. The Morgan fingerprint density at radius 3 is 2.69 bits per heavy atom. The van der Waals surface area contributed by atoms with Gasteiger partial charge < -0.3 is 10.8 Å². The molecule has 0 fully saturated rings. The minimum absolute atomic E-state index is 0. The van der Waals surface area contributed by atoms with Crippen LogP contribution in [0.3, 0.4) is 0 Å². The van der Waals surface area contributed by atoms with Crippen molar-refractivity contribution >= 4 is 23.7 Å². The van der Waals surface area contributed by atoms with Gasteiger partial charge in [-0.3, -0.25) is 0 Å². The monoisotopic (exact) mass is 221 g/mol. The molecule has 4 heteroatoms. The number of aryl methyl sites for hydroxylation is 1. The van der Waals surface area contributed by atoms with E-state index < -0.39 is 0 Å². The number of aliphatic hydroxyl groups excluding tert-OH is 1. The van der Waals surface area contributed by atoms with Crippen LogP contribution in [0, 0.1) is 0 Å². The van der Waals surface area contributed by atoms with Crippen molar-refractivity contribution in [2.24, 2.45) is 5.73 Å². The molecule has 0 spiro atoms. The Morgan fingerprint density at radius 2 is 2.23 bits per heavy atom. The van der Waals surface area contributed by atoms with Gasteiger partial charge in [0, 0.05) is 22.4 Å². The Hall–Kier alpha value is -0.0900. The molecule has 13 heavy (non-hydrogen) atoms. The van der Waals surface area contributed by atoms with E-state index in [0.29, 0.717) is 6.42 Å². The topological polar surface area (TPSA) is 46.2 Å². The van der Waals surface area contributed by atoms with Crippen LogP contribution >= 0.6 is 23.7 Å². The van der Waals surface area contributed by atoms with Gasteiger partial charge in [-0.2, -0.15) is 0 Å². The van der Waals surface area contributed by atoms with Crippen molar-refractivity contribution in [2.45, 2.75) is 25.8 Å². The van der Waals surface area contributed by atoms with Crippen molar-refractivity contribution in [1.29, 1.82) is 0 Å². The second-order valence-corrected chi connectivity index (χ2v) is 3.98. The molecule has 2 nitrogen and oxygen atoms in total. The maximum absolute atomic E-state index is 8.69. The van der Waals surface area contributed by atoms with Crippen molar-refractivity contribution in [2.75, 3.05) is 6.61 Å². The van der Waals surface area contributed by atoms with Gasteiger partial charge in [-0.15, -0.1) is 23.7 Å². The van der Waals surface area contributed by atoms with E-state index in [0.717, 1.165) is 6.42 Å². The van der Waals surface area contributed by atoms with Gasteiger partial charge in [-0.05, 0) is 25.0 Å². The van der Waals surface area contributed by atoms with E-state index in [2.05, 4.69) is 19.1 Å². The van der Waals surface area contributed by atoms with E-state index in [9.17, 15) is 0 Å². The van der Waals surface area contributed by atoms with E-state index in [-0.39, 0.29) is 25.1 Å². The first-order valence-electron chi connectivity index (χ1n) is 4.23. The highest BCUT2D eigenvalue weighted by molar-refractivity contribution is 7.12. The molecule has 1 atom stereocenters. The lowest BCUT2D eigenvalue weighted by atomic mass is 10.2. The molecule has 0 aromatic carbocycles. The van der Waals surface area contributed by atoms with E-state index in [4.69, 9.17) is 10.8 Å². The Kier molecular flexibility index (Phi) is 6.33. The Morgan fingerprint density at radius 1 is 1.54 bits per heavy atom. The molecule has 0 saturated carbocycles. The summed E-state index contributed by atoms with van der Waals surface area (Å²) >= 11 is 1.74. The van der Waals surface area contributed by atoms with Gasteiger partial charge in [0.2, 0.25) is 0 Å². The van der Waals surface area contributed by atoms with Crippen LogP contribution in [0.1, 0.15) is 29.1 Å². The lowest BCUT2D eigenvalue weighted by molar-refractivity contribution is 0.277. The molecule has 0 unspecified atom stereocenters. The molecule has 0 radical (unpaired) electrons. The summed E-state index contributed by atoms with van der Waals surface area (Å²) in [6.45, 7) is 2.30. The number of aliphatic hydroxyl groups is 1. The van der Waals surface area contributed by atoms with E-state index in [1.54, 1.807) is 11.3 Å². The number of nitrogens with two attached hydrogens (primary N) is 1. The predicted octanol–water partition coefficient (Wildman–Crippen LogP) is 2.11. The minimum Gasteiger partial charge on any atom is -0.396 e. The zero-order valence-corrected chi connectivity index (χ0v) is 9.33. The molecule has 1 aromatic rings. The van der Waals surface area contributed by atoms with Crippen molar-refractivity contribution in [1.82, 2.24) is 0 Å². The standard InChI is InChI=1S/C9H15NOS.ClH/c1-2-7-3-4-9(12-7)8(10)5-6-11;/h3-4,8,11H,2,5-6,10H2,1H3;1H/t8-;/m1./s1. The predicted molar refractivity (Wildman–Crippen MR) is 59.6 cm³/mol. The van der Waals surface area contributed by atoms with Crippen LogP contribution in [0.5, 0.6) is 0 Å². The number of halogens is 1. The van der Waals surface area contributed by atoms with Gasteiger partial charge in [0.25, 0.3) is 0 Å². The van der Waals surface area contributed by atoms with E-state index >= 15 is 0 Å². The number of hydrogen-bond acceptors (Lipinski definition) is 3. The quantitative estimate of drug-likeness (QED) is 0.818. The van der Waals surface area contributed by atoms with Gasteiger partial charge in [-0.25, -0.2) is 0 Å². The number of thiophene rings is 1. The zero-order chi connectivity index (χ0) is 8.97.